The Kier molecular flexibility index (Phi) is 5.37. The molecule has 4 aromatic rings. The van der Waals surface area contributed by atoms with E-state index in [0.29, 0.717) is 31.4 Å². The molecule has 1 fully saturated rings. The fraction of sp³-hybridized carbons (Fsp3) is 0.316. The first-order valence-corrected chi connectivity index (χ1v) is 11.1. The average molecular weight is 430 g/mol. The minimum Gasteiger partial charge on any atom is -0.467 e. The van der Waals surface area contributed by atoms with Crippen LogP contribution < -0.4 is 4.90 Å². The number of hydrogen-bond donors (Lipinski definition) is 0. The van der Waals surface area contributed by atoms with Crippen LogP contribution in [-0.2, 0) is 17.0 Å². The van der Waals surface area contributed by atoms with Crippen molar-refractivity contribution in [3.05, 3.63) is 53.6 Å². The molecular weight excluding hydrogens is 410 g/mol. The number of nitrogens with zero attached hydrogens (tertiary/aromatic N) is 5. The first kappa shape index (κ1) is 18.5. The van der Waals surface area contributed by atoms with Crippen LogP contribution in [0.4, 0.5) is 5.95 Å². The normalized spacial score (nSPS) is 14.6. The van der Waals surface area contributed by atoms with Gasteiger partial charge in [0.15, 0.2) is 5.16 Å². The molecule has 8 nitrogen and oxygen atoms in total. The van der Waals surface area contributed by atoms with E-state index in [4.69, 9.17) is 13.6 Å². The Morgan fingerprint density at radius 3 is 2.83 bits per heavy atom. The SMILES string of the molecule is c1coc(Cn2c(SCc3coc(-c4cccs4)n3)nnc2N2CCOCC2)c1. The third-order valence-electron chi connectivity index (χ3n) is 4.52. The van der Waals surface area contributed by atoms with Crippen molar-refractivity contribution in [3.63, 3.8) is 0 Å². The van der Waals surface area contributed by atoms with Gasteiger partial charge in [0.2, 0.25) is 11.8 Å². The molecule has 0 radical (unpaired) electrons. The number of oxazole rings is 1. The highest BCUT2D eigenvalue weighted by molar-refractivity contribution is 7.98. The quantitative estimate of drug-likeness (QED) is 0.411. The van der Waals surface area contributed by atoms with Crippen LogP contribution in [0.15, 0.2) is 56.2 Å². The Balaban J connectivity index is 1.35. The fourth-order valence-electron chi connectivity index (χ4n) is 3.11. The van der Waals surface area contributed by atoms with Crippen LogP contribution in [0.5, 0.6) is 0 Å². The Morgan fingerprint density at radius 1 is 1.10 bits per heavy atom. The fourth-order valence-corrected chi connectivity index (χ4v) is 4.57. The summed E-state index contributed by atoms with van der Waals surface area (Å²) >= 11 is 3.20. The summed E-state index contributed by atoms with van der Waals surface area (Å²) in [6.07, 6.45) is 3.39. The van der Waals surface area contributed by atoms with E-state index in [1.165, 1.54) is 0 Å². The number of aromatic nitrogens is 4. The first-order chi connectivity index (χ1) is 14.4. The van der Waals surface area contributed by atoms with E-state index in [-0.39, 0.29) is 0 Å². The molecule has 0 unspecified atom stereocenters. The monoisotopic (exact) mass is 429 g/mol. The van der Waals surface area contributed by atoms with Gasteiger partial charge in [-0.05, 0) is 23.6 Å². The van der Waals surface area contributed by atoms with E-state index in [1.807, 2.05) is 29.6 Å². The van der Waals surface area contributed by atoms with Crippen molar-refractivity contribution in [3.8, 4) is 10.8 Å². The summed E-state index contributed by atoms with van der Waals surface area (Å²) in [5.74, 6) is 3.00. The Hall–Kier alpha value is -2.56. The smallest absolute Gasteiger partial charge is 0.236 e. The number of thiophene rings is 1. The predicted molar refractivity (Wildman–Crippen MR) is 110 cm³/mol. The molecule has 10 heteroatoms. The highest BCUT2D eigenvalue weighted by Crippen LogP contribution is 2.29. The number of furan rings is 1. The number of hydrogen-bond acceptors (Lipinski definition) is 9. The van der Waals surface area contributed by atoms with Gasteiger partial charge in [-0.2, -0.15) is 0 Å². The zero-order valence-corrected chi connectivity index (χ0v) is 17.2. The van der Waals surface area contributed by atoms with Crippen LogP contribution in [0.2, 0.25) is 0 Å². The topological polar surface area (TPSA) is 82.3 Å². The van der Waals surface area contributed by atoms with E-state index in [0.717, 1.165) is 40.5 Å². The number of rotatable bonds is 7. The van der Waals surface area contributed by atoms with Crippen LogP contribution in [0.1, 0.15) is 11.5 Å². The van der Waals surface area contributed by atoms with Crippen LogP contribution >= 0.6 is 23.1 Å². The first-order valence-electron chi connectivity index (χ1n) is 9.26. The van der Waals surface area contributed by atoms with Gasteiger partial charge in [0, 0.05) is 18.8 Å². The largest absolute Gasteiger partial charge is 0.467 e. The maximum absolute atomic E-state index is 5.62. The Bertz CT molecular complexity index is 1040. The number of anilines is 1. The van der Waals surface area contributed by atoms with Gasteiger partial charge < -0.3 is 18.5 Å². The van der Waals surface area contributed by atoms with Crippen molar-refractivity contribution in [2.75, 3.05) is 31.2 Å². The van der Waals surface area contributed by atoms with Gasteiger partial charge in [0.1, 0.15) is 12.0 Å². The lowest BCUT2D eigenvalue weighted by Gasteiger charge is -2.27. The second kappa shape index (κ2) is 8.44. The summed E-state index contributed by atoms with van der Waals surface area (Å²) in [4.78, 5) is 7.82. The molecule has 0 amide bonds. The van der Waals surface area contributed by atoms with Crippen molar-refractivity contribution in [1.29, 1.82) is 0 Å². The van der Waals surface area contributed by atoms with Crippen molar-refractivity contribution in [2.24, 2.45) is 0 Å². The Morgan fingerprint density at radius 2 is 2.03 bits per heavy atom. The molecule has 0 spiro atoms. The van der Waals surface area contributed by atoms with Crippen LogP contribution in [0, 0.1) is 0 Å². The van der Waals surface area contributed by atoms with Crippen LogP contribution in [0.25, 0.3) is 10.8 Å². The highest BCUT2D eigenvalue weighted by atomic mass is 32.2. The molecular formula is C19H19N5O3S2. The van der Waals surface area contributed by atoms with E-state index < -0.39 is 0 Å². The molecule has 29 heavy (non-hydrogen) atoms. The molecule has 0 bridgehead atoms. The van der Waals surface area contributed by atoms with Gasteiger partial charge in [0.05, 0.1) is 36.6 Å². The number of thioether (sulfide) groups is 1. The summed E-state index contributed by atoms with van der Waals surface area (Å²) in [6.45, 7) is 3.57. The van der Waals surface area contributed by atoms with E-state index in [9.17, 15) is 0 Å². The molecule has 5 rings (SSSR count). The van der Waals surface area contributed by atoms with Gasteiger partial charge in [-0.25, -0.2) is 4.98 Å². The molecule has 0 N–H and O–H groups in total. The van der Waals surface area contributed by atoms with Crippen LogP contribution in [-0.4, -0.2) is 46.1 Å². The van der Waals surface area contributed by atoms with Gasteiger partial charge in [-0.1, -0.05) is 17.8 Å². The molecule has 1 aliphatic heterocycles. The molecule has 1 aliphatic rings. The summed E-state index contributed by atoms with van der Waals surface area (Å²) < 4.78 is 18.7. The van der Waals surface area contributed by atoms with Crippen molar-refractivity contribution >= 4 is 29.0 Å². The maximum Gasteiger partial charge on any atom is 0.236 e. The van der Waals surface area contributed by atoms with Crippen LogP contribution in [0.3, 0.4) is 0 Å². The van der Waals surface area contributed by atoms with E-state index in [1.54, 1.807) is 35.6 Å². The molecule has 5 heterocycles. The van der Waals surface area contributed by atoms with E-state index in [2.05, 4.69) is 24.6 Å². The third kappa shape index (κ3) is 4.09. The summed E-state index contributed by atoms with van der Waals surface area (Å²) in [7, 11) is 0. The van der Waals surface area contributed by atoms with Crippen molar-refractivity contribution < 1.29 is 13.6 Å². The lowest BCUT2D eigenvalue weighted by atomic mass is 10.4. The van der Waals surface area contributed by atoms with Crippen molar-refractivity contribution in [2.45, 2.75) is 17.5 Å². The second-order valence-corrected chi connectivity index (χ2v) is 8.35. The molecule has 150 valence electrons. The molecule has 0 saturated carbocycles. The molecule has 0 aromatic carbocycles. The summed E-state index contributed by atoms with van der Waals surface area (Å²) in [6, 6.07) is 7.84. The lowest BCUT2D eigenvalue weighted by molar-refractivity contribution is 0.121. The molecule has 0 aliphatic carbocycles. The standard InChI is InChI=1S/C19H19N5O3S2/c1-3-15(26-7-1)11-24-18(23-5-8-25-9-6-23)21-22-19(24)29-13-14-12-27-17(20-14)16-4-2-10-28-16/h1-4,7,10,12H,5-6,8-9,11,13H2. The lowest BCUT2D eigenvalue weighted by Crippen LogP contribution is -2.38. The summed E-state index contributed by atoms with van der Waals surface area (Å²) in [5, 5.41) is 11.7. The van der Waals surface area contributed by atoms with Gasteiger partial charge >= 0.3 is 0 Å². The van der Waals surface area contributed by atoms with Gasteiger partial charge in [0.25, 0.3) is 0 Å². The predicted octanol–water partition coefficient (Wildman–Crippen LogP) is 3.76. The third-order valence-corrected chi connectivity index (χ3v) is 6.38. The highest BCUT2D eigenvalue weighted by Gasteiger charge is 2.22. The molecule has 0 atom stereocenters. The minimum absolute atomic E-state index is 0.578. The summed E-state index contributed by atoms with van der Waals surface area (Å²) in [5.41, 5.74) is 0.874. The van der Waals surface area contributed by atoms with E-state index >= 15 is 0 Å². The minimum atomic E-state index is 0.578. The van der Waals surface area contributed by atoms with Gasteiger partial charge in [-0.15, -0.1) is 21.5 Å². The second-order valence-electron chi connectivity index (χ2n) is 6.46. The number of morpholine rings is 1. The molecule has 4 aromatic heterocycles. The molecule has 1 saturated heterocycles. The number of ether oxygens (including phenoxy) is 1. The maximum atomic E-state index is 5.62. The Labute approximate surface area is 175 Å². The van der Waals surface area contributed by atoms with Crippen molar-refractivity contribution in [1.82, 2.24) is 19.7 Å². The van der Waals surface area contributed by atoms with Gasteiger partial charge in [-0.3, -0.25) is 4.57 Å². The average Bonchev–Trinajstić information content (AvgIpc) is 3.55. The zero-order valence-electron chi connectivity index (χ0n) is 15.6. The zero-order chi connectivity index (χ0) is 19.5.